The van der Waals surface area contributed by atoms with Crippen molar-refractivity contribution in [3.63, 3.8) is 0 Å². The molecule has 1 atom stereocenters. The molecule has 2 heterocycles. The highest BCUT2D eigenvalue weighted by Gasteiger charge is 2.35. The molecule has 0 fully saturated rings. The number of halogens is 3. The van der Waals surface area contributed by atoms with Crippen LogP contribution in [0.5, 0.6) is 5.75 Å². The van der Waals surface area contributed by atoms with E-state index in [0.717, 1.165) is 24.4 Å². The minimum absolute atomic E-state index is 0.133. The maximum atomic E-state index is 14.4. The number of carbonyl (C=O) groups excluding carboxylic acids is 1. The number of fused-ring (bicyclic) bond motifs is 2. The fourth-order valence-corrected chi connectivity index (χ4v) is 8.65. The largest absolute Gasteiger partial charge is 0.487 e. The van der Waals surface area contributed by atoms with Gasteiger partial charge in [0.15, 0.2) is 4.80 Å². The van der Waals surface area contributed by atoms with Crippen molar-refractivity contribution < 1.29 is 18.7 Å². The van der Waals surface area contributed by atoms with Crippen LogP contribution < -0.4 is 19.6 Å². The lowest BCUT2D eigenvalue weighted by Crippen LogP contribution is -2.40. The van der Waals surface area contributed by atoms with Crippen molar-refractivity contribution in [1.29, 1.82) is 0 Å². The molecule has 0 spiro atoms. The predicted molar refractivity (Wildman–Crippen MR) is 203 cm³/mol. The van der Waals surface area contributed by atoms with Crippen LogP contribution in [0.3, 0.4) is 0 Å². The summed E-state index contributed by atoms with van der Waals surface area (Å²) >= 11 is 7.07. The summed E-state index contributed by atoms with van der Waals surface area (Å²) in [5, 5.41) is 2.24. The van der Waals surface area contributed by atoms with Crippen molar-refractivity contribution in [2.45, 2.75) is 19.6 Å². The standard InChI is InChI=1S/C39H27BrFIN2O4S/c1-2-47-38(46)33-34(24-10-4-3-5-11-24)43-39-44(35(33)25-15-17-29(41)18-16-25)37(45)32(49-39)20-27-19-28(40)21-31(42)36(27)48-22-26-13-8-12-23-9-6-7-14-30(23)26/h3-21,35H,2,22H2,1H3/b32-20-/t35-/m1/s1. The zero-order chi connectivity index (χ0) is 34.1. The SMILES string of the molecule is CCOC(=O)C1=C(c2ccccc2)N=c2s/c(=C\c3cc(Br)cc(I)c3OCc3cccc4ccccc34)c(=O)n2[C@@H]1c1ccc(F)cc1. The van der Waals surface area contributed by atoms with Crippen LogP contribution in [0.15, 0.2) is 129 Å². The van der Waals surface area contributed by atoms with Crippen LogP contribution in [0.4, 0.5) is 4.39 Å². The molecule has 7 rings (SSSR count). The Morgan fingerprint density at radius 1 is 1.00 bits per heavy atom. The minimum Gasteiger partial charge on any atom is -0.487 e. The maximum Gasteiger partial charge on any atom is 0.338 e. The summed E-state index contributed by atoms with van der Waals surface area (Å²) in [6.45, 7) is 2.19. The van der Waals surface area contributed by atoms with Gasteiger partial charge >= 0.3 is 5.97 Å². The number of esters is 1. The third kappa shape index (κ3) is 6.64. The Labute approximate surface area is 307 Å². The summed E-state index contributed by atoms with van der Waals surface area (Å²) in [6.07, 6.45) is 1.80. The van der Waals surface area contributed by atoms with Crippen molar-refractivity contribution in [3.05, 3.63) is 171 Å². The molecule has 1 aliphatic heterocycles. The number of benzene rings is 5. The van der Waals surface area contributed by atoms with Crippen LogP contribution >= 0.6 is 49.9 Å². The van der Waals surface area contributed by atoms with E-state index < -0.39 is 17.8 Å². The molecule has 6 nitrogen and oxygen atoms in total. The number of hydrogen-bond donors (Lipinski definition) is 0. The van der Waals surface area contributed by atoms with Crippen molar-refractivity contribution >= 4 is 78.4 Å². The summed E-state index contributed by atoms with van der Waals surface area (Å²) < 4.78 is 29.7. The van der Waals surface area contributed by atoms with E-state index >= 15 is 0 Å². The Morgan fingerprint density at radius 2 is 1.73 bits per heavy atom. The molecule has 1 aromatic heterocycles. The van der Waals surface area contributed by atoms with Crippen molar-refractivity contribution in [1.82, 2.24) is 4.57 Å². The molecule has 0 saturated carbocycles. The second kappa shape index (κ2) is 14.2. The first-order valence-corrected chi connectivity index (χ1v) is 18.1. The van der Waals surface area contributed by atoms with Gasteiger partial charge in [-0.05, 0) is 81.8 Å². The van der Waals surface area contributed by atoms with E-state index in [1.807, 2.05) is 66.7 Å². The summed E-state index contributed by atoms with van der Waals surface area (Å²) in [6, 6.07) is 32.4. The Bertz CT molecular complexity index is 2440. The van der Waals surface area contributed by atoms with Gasteiger partial charge in [-0.2, -0.15) is 0 Å². The van der Waals surface area contributed by atoms with E-state index in [9.17, 15) is 14.0 Å². The molecule has 5 aromatic carbocycles. The minimum atomic E-state index is -0.905. The summed E-state index contributed by atoms with van der Waals surface area (Å²) in [7, 11) is 0. The van der Waals surface area contributed by atoms with E-state index in [1.54, 1.807) is 25.1 Å². The van der Waals surface area contributed by atoms with Gasteiger partial charge < -0.3 is 9.47 Å². The van der Waals surface area contributed by atoms with Crippen LogP contribution in [0.25, 0.3) is 22.5 Å². The molecule has 0 radical (unpaired) electrons. The van der Waals surface area contributed by atoms with Gasteiger partial charge in [0.1, 0.15) is 18.2 Å². The highest BCUT2D eigenvalue weighted by Crippen LogP contribution is 2.36. The number of aromatic nitrogens is 1. The summed E-state index contributed by atoms with van der Waals surface area (Å²) in [5.74, 6) is -0.393. The van der Waals surface area contributed by atoms with Crippen LogP contribution in [0, 0.1) is 9.39 Å². The molecule has 244 valence electrons. The van der Waals surface area contributed by atoms with E-state index in [4.69, 9.17) is 14.5 Å². The van der Waals surface area contributed by atoms with Gasteiger partial charge in [-0.25, -0.2) is 14.2 Å². The average molecular weight is 846 g/mol. The van der Waals surface area contributed by atoms with Crippen molar-refractivity contribution in [3.8, 4) is 5.75 Å². The second-order valence-electron chi connectivity index (χ2n) is 11.2. The van der Waals surface area contributed by atoms with Crippen molar-refractivity contribution in [2.24, 2.45) is 4.99 Å². The molecular formula is C39H27BrFIN2O4S. The first-order chi connectivity index (χ1) is 23.8. The highest BCUT2D eigenvalue weighted by molar-refractivity contribution is 14.1. The summed E-state index contributed by atoms with van der Waals surface area (Å²) in [5.41, 5.74) is 3.25. The van der Waals surface area contributed by atoms with Crippen LogP contribution in [-0.4, -0.2) is 17.1 Å². The Morgan fingerprint density at radius 3 is 2.51 bits per heavy atom. The maximum absolute atomic E-state index is 14.4. The topological polar surface area (TPSA) is 69.9 Å². The fourth-order valence-electron chi connectivity index (χ4n) is 5.95. The third-order valence-electron chi connectivity index (χ3n) is 8.14. The predicted octanol–water partition coefficient (Wildman–Crippen LogP) is 8.17. The monoisotopic (exact) mass is 844 g/mol. The molecular weight excluding hydrogens is 818 g/mol. The molecule has 1 aliphatic rings. The second-order valence-corrected chi connectivity index (χ2v) is 14.3. The number of thiazole rings is 1. The molecule has 49 heavy (non-hydrogen) atoms. The Hall–Kier alpha value is -4.39. The molecule has 0 N–H and O–H groups in total. The number of rotatable bonds is 8. The highest BCUT2D eigenvalue weighted by atomic mass is 127. The van der Waals surface area contributed by atoms with Gasteiger partial charge in [-0.3, -0.25) is 9.36 Å². The zero-order valence-electron chi connectivity index (χ0n) is 26.0. The van der Waals surface area contributed by atoms with Gasteiger partial charge in [-0.1, -0.05) is 112 Å². The lowest BCUT2D eigenvalue weighted by Gasteiger charge is -2.25. The van der Waals surface area contributed by atoms with E-state index in [-0.39, 0.29) is 17.7 Å². The molecule has 6 aromatic rings. The number of ether oxygens (including phenoxy) is 2. The van der Waals surface area contributed by atoms with Gasteiger partial charge in [0, 0.05) is 15.6 Å². The lowest BCUT2D eigenvalue weighted by atomic mass is 9.93. The average Bonchev–Trinajstić information content (AvgIpc) is 3.42. The number of hydrogen-bond acceptors (Lipinski definition) is 6. The lowest BCUT2D eigenvalue weighted by molar-refractivity contribution is -0.138. The molecule has 0 saturated heterocycles. The third-order valence-corrected chi connectivity index (χ3v) is 10.4. The van der Waals surface area contributed by atoms with Crippen LogP contribution in [0.2, 0.25) is 0 Å². The quantitative estimate of drug-likeness (QED) is 0.115. The smallest absolute Gasteiger partial charge is 0.338 e. The van der Waals surface area contributed by atoms with Gasteiger partial charge in [0.2, 0.25) is 0 Å². The van der Waals surface area contributed by atoms with E-state index in [2.05, 4.69) is 56.7 Å². The van der Waals surface area contributed by atoms with E-state index in [0.29, 0.717) is 44.1 Å². The fraction of sp³-hybridized carbons (Fsp3) is 0.103. The normalized spacial score (nSPS) is 14.4. The van der Waals surface area contributed by atoms with Crippen LogP contribution in [-0.2, 0) is 16.1 Å². The van der Waals surface area contributed by atoms with Gasteiger partial charge in [0.05, 0.1) is 32.0 Å². The zero-order valence-corrected chi connectivity index (χ0v) is 30.6. The first kappa shape index (κ1) is 33.1. The van der Waals surface area contributed by atoms with Gasteiger partial charge in [-0.15, -0.1) is 0 Å². The summed E-state index contributed by atoms with van der Waals surface area (Å²) in [4.78, 5) is 33.4. The van der Waals surface area contributed by atoms with Crippen LogP contribution in [0.1, 0.15) is 35.2 Å². The van der Waals surface area contributed by atoms with Crippen molar-refractivity contribution in [2.75, 3.05) is 6.61 Å². The number of nitrogens with zero attached hydrogens (tertiary/aromatic N) is 2. The Balaban J connectivity index is 1.40. The molecule has 0 aliphatic carbocycles. The first-order valence-electron chi connectivity index (χ1n) is 15.4. The molecule has 0 unspecified atom stereocenters. The molecule has 10 heteroatoms. The van der Waals surface area contributed by atoms with Gasteiger partial charge in [0.25, 0.3) is 5.56 Å². The molecule has 0 amide bonds. The Kier molecular flexibility index (Phi) is 9.62. The molecule has 0 bridgehead atoms. The number of carbonyl (C=O) groups is 1. The van der Waals surface area contributed by atoms with E-state index in [1.165, 1.54) is 28.0 Å².